The molecule has 8 nitrogen and oxygen atoms in total. The minimum Gasteiger partial charge on any atom is -0.462 e. The molecule has 31 heavy (non-hydrogen) atoms. The third-order valence-corrected chi connectivity index (χ3v) is 6.20. The van der Waals surface area contributed by atoms with E-state index in [1.165, 1.54) is 11.3 Å². The van der Waals surface area contributed by atoms with E-state index in [0.29, 0.717) is 42.1 Å². The van der Waals surface area contributed by atoms with Gasteiger partial charge in [0.15, 0.2) is 5.96 Å². The standard InChI is InChI=1S/C20H25N5O3S2.HI/c1-5-21-20(22-10-14-11-28-17(25-14)15-8-7-9-29-15)24-13(4)18-23-12(3)16(30-18)19(26)27-6-2;/h7-9,11,13H,5-6,10H2,1-4H3,(H2,21,22,24);1H. The van der Waals surface area contributed by atoms with Crippen LogP contribution in [0, 0.1) is 6.92 Å². The Morgan fingerprint density at radius 3 is 2.84 bits per heavy atom. The topological polar surface area (TPSA) is 102 Å². The zero-order valence-electron chi connectivity index (χ0n) is 17.8. The molecular weight excluding hydrogens is 549 g/mol. The van der Waals surface area contributed by atoms with E-state index in [-0.39, 0.29) is 36.0 Å². The van der Waals surface area contributed by atoms with Gasteiger partial charge >= 0.3 is 5.97 Å². The minimum absolute atomic E-state index is 0. The van der Waals surface area contributed by atoms with Gasteiger partial charge in [-0.2, -0.15) is 0 Å². The van der Waals surface area contributed by atoms with Crippen LogP contribution in [-0.2, 0) is 11.3 Å². The molecule has 0 saturated carbocycles. The van der Waals surface area contributed by atoms with Crippen LogP contribution in [0.15, 0.2) is 33.2 Å². The van der Waals surface area contributed by atoms with Gasteiger partial charge in [0.05, 0.1) is 29.8 Å². The number of carbonyl (C=O) groups is 1. The van der Waals surface area contributed by atoms with Crippen LogP contribution in [-0.4, -0.2) is 35.0 Å². The first-order valence-corrected chi connectivity index (χ1v) is 11.4. The van der Waals surface area contributed by atoms with E-state index in [2.05, 4.69) is 25.6 Å². The molecule has 3 heterocycles. The van der Waals surface area contributed by atoms with Crippen molar-refractivity contribution < 1.29 is 13.9 Å². The maximum absolute atomic E-state index is 12.0. The van der Waals surface area contributed by atoms with Gasteiger partial charge in [0.25, 0.3) is 0 Å². The van der Waals surface area contributed by atoms with E-state index in [1.807, 2.05) is 38.3 Å². The molecule has 0 bridgehead atoms. The first kappa shape index (κ1) is 25.3. The molecule has 0 amide bonds. The average Bonchev–Trinajstić information content (AvgIpc) is 3.46. The SMILES string of the molecule is CCNC(=NCc1coc(-c2cccs2)n1)NC(C)c1nc(C)c(C(=O)OCC)s1.I. The number of esters is 1. The quantitative estimate of drug-likeness (QED) is 0.173. The Kier molecular flexibility index (Phi) is 9.91. The zero-order chi connectivity index (χ0) is 21.5. The molecule has 3 rings (SSSR count). The summed E-state index contributed by atoms with van der Waals surface area (Å²) in [5.74, 6) is 0.904. The Bertz CT molecular complexity index is 1000. The number of oxazole rings is 1. The van der Waals surface area contributed by atoms with E-state index in [9.17, 15) is 4.79 Å². The molecule has 0 saturated heterocycles. The van der Waals surface area contributed by atoms with E-state index in [0.717, 1.165) is 15.6 Å². The number of nitrogens with zero attached hydrogens (tertiary/aromatic N) is 3. The van der Waals surface area contributed by atoms with Gasteiger partial charge < -0.3 is 19.8 Å². The molecule has 0 aliphatic heterocycles. The predicted molar refractivity (Wildman–Crippen MR) is 134 cm³/mol. The largest absolute Gasteiger partial charge is 0.462 e. The summed E-state index contributed by atoms with van der Waals surface area (Å²) in [5.41, 5.74) is 1.42. The number of rotatable bonds is 8. The Morgan fingerprint density at radius 2 is 2.16 bits per heavy atom. The summed E-state index contributed by atoms with van der Waals surface area (Å²) in [6.07, 6.45) is 1.63. The number of hydrogen-bond donors (Lipinski definition) is 2. The molecule has 1 unspecified atom stereocenters. The number of nitrogens with one attached hydrogen (secondary N) is 2. The molecule has 1 atom stereocenters. The van der Waals surface area contributed by atoms with Crippen LogP contribution >= 0.6 is 46.7 Å². The molecule has 0 aromatic carbocycles. The lowest BCUT2D eigenvalue weighted by Crippen LogP contribution is -2.38. The molecule has 0 spiro atoms. The van der Waals surface area contributed by atoms with Crippen LogP contribution in [0.4, 0.5) is 0 Å². The Hall–Kier alpha value is -1.99. The summed E-state index contributed by atoms with van der Waals surface area (Å²) in [4.78, 5) is 27.2. The first-order valence-electron chi connectivity index (χ1n) is 9.69. The maximum atomic E-state index is 12.0. The van der Waals surface area contributed by atoms with Crippen molar-refractivity contribution >= 4 is 58.6 Å². The normalized spacial score (nSPS) is 12.2. The van der Waals surface area contributed by atoms with Crippen molar-refractivity contribution in [1.82, 2.24) is 20.6 Å². The number of thiophene rings is 1. The Balaban J connectivity index is 0.00000341. The van der Waals surface area contributed by atoms with Crippen molar-refractivity contribution in [3.8, 4) is 10.8 Å². The van der Waals surface area contributed by atoms with Crippen molar-refractivity contribution in [3.05, 3.63) is 45.0 Å². The molecule has 2 N–H and O–H groups in total. The highest BCUT2D eigenvalue weighted by atomic mass is 127. The van der Waals surface area contributed by atoms with Gasteiger partial charge in [-0.05, 0) is 39.1 Å². The van der Waals surface area contributed by atoms with Gasteiger partial charge in [0.1, 0.15) is 21.8 Å². The molecule has 168 valence electrons. The molecule has 3 aromatic heterocycles. The Morgan fingerprint density at radius 1 is 1.35 bits per heavy atom. The fraction of sp³-hybridized carbons (Fsp3) is 0.400. The number of aliphatic imine (C=N–C) groups is 1. The van der Waals surface area contributed by atoms with Crippen molar-refractivity contribution in [3.63, 3.8) is 0 Å². The first-order chi connectivity index (χ1) is 14.5. The number of aromatic nitrogens is 2. The van der Waals surface area contributed by atoms with Gasteiger partial charge in [0.2, 0.25) is 5.89 Å². The van der Waals surface area contributed by atoms with Crippen LogP contribution in [0.3, 0.4) is 0 Å². The van der Waals surface area contributed by atoms with E-state index in [4.69, 9.17) is 9.15 Å². The molecule has 0 aliphatic carbocycles. The van der Waals surface area contributed by atoms with Crippen LogP contribution in [0.2, 0.25) is 0 Å². The predicted octanol–water partition coefficient (Wildman–Crippen LogP) is 4.78. The van der Waals surface area contributed by atoms with Crippen molar-refractivity contribution in [1.29, 1.82) is 0 Å². The summed E-state index contributed by atoms with van der Waals surface area (Å²) in [6.45, 7) is 9.01. The molecule has 11 heteroatoms. The van der Waals surface area contributed by atoms with Crippen molar-refractivity contribution in [2.45, 2.75) is 40.3 Å². The lowest BCUT2D eigenvalue weighted by molar-refractivity contribution is 0.0531. The van der Waals surface area contributed by atoms with E-state index >= 15 is 0 Å². The molecule has 0 aliphatic rings. The monoisotopic (exact) mass is 575 g/mol. The second kappa shape index (κ2) is 12.2. The third kappa shape index (κ3) is 6.74. The second-order valence-corrected chi connectivity index (χ2v) is 8.35. The summed E-state index contributed by atoms with van der Waals surface area (Å²) < 4.78 is 10.6. The van der Waals surface area contributed by atoms with Crippen molar-refractivity contribution in [2.75, 3.05) is 13.2 Å². The average molecular weight is 575 g/mol. The van der Waals surface area contributed by atoms with Crippen LogP contribution in [0.1, 0.15) is 52.9 Å². The van der Waals surface area contributed by atoms with Gasteiger partial charge in [-0.1, -0.05) is 6.07 Å². The lowest BCUT2D eigenvalue weighted by Gasteiger charge is -2.15. The summed E-state index contributed by atoms with van der Waals surface area (Å²) in [6, 6.07) is 3.80. The molecule has 0 radical (unpaired) electrons. The number of guanidine groups is 1. The third-order valence-electron chi connectivity index (χ3n) is 4.02. The number of thiazole rings is 1. The summed E-state index contributed by atoms with van der Waals surface area (Å²) in [5, 5.41) is 9.33. The number of carbonyl (C=O) groups excluding carboxylic acids is 1. The molecule has 0 fully saturated rings. The van der Waals surface area contributed by atoms with Crippen LogP contribution < -0.4 is 10.6 Å². The number of hydrogen-bond acceptors (Lipinski definition) is 8. The fourth-order valence-corrected chi connectivity index (χ4v) is 4.25. The Labute approximate surface area is 206 Å². The zero-order valence-corrected chi connectivity index (χ0v) is 21.8. The van der Waals surface area contributed by atoms with Gasteiger partial charge in [-0.3, -0.25) is 0 Å². The summed E-state index contributed by atoms with van der Waals surface area (Å²) in [7, 11) is 0. The van der Waals surface area contributed by atoms with Crippen molar-refractivity contribution in [2.24, 2.45) is 4.99 Å². The van der Waals surface area contributed by atoms with E-state index < -0.39 is 0 Å². The second-order valence-electron chi connectivity index (χ2n) is 6.37. The highest BCUT2D eigenvalue weighted by Gasteiger charge is 2.20. The van der Waals surface area contributed by atoms with Gasteiger partial charge in [-0.15, -0.1) is 46.7 Å². The smallest absolute Gasteiger partial charge is 0.350 e. The molecule has 3 aromatic rings. The van der Waals surface area contributed by atoms with Gasteiger partial charge in [0, 0.05) is 6.54 Å². The number of ether oxygens (including phenoxy) is 1. The van der Waals surface area contributed by atoms with Crippen LogP contribution in [0.5, 0.6) is 0 Å². The fourth-order valence-electron chi connectivity index (χ4n) is 2.63. The highest BCUT2D eigenvalue weighted by Crippen LogP contribution is 2.25. The maximum Gasteiger partial charge on any atom is 0.350 e. The number of halogens is 1. The molecular formula is C20H26IN5O3S2. The van der Waals surface area contributed by atoms with E-state index in [1.54, 1.807) is 24.5 Å². The lowest BCUT2D eigenvalue weighted by atomic mass is 10.3. The number of aryl methyl sites for hydroxylation is 1. The van der Waals surface area contributed by atoms with Crippen LogP contribution in [0.25, 0.3) is 10.8 Å². The van der Waals surface area contributed by atoms with Gasteiger partial charge in [-0.25, -0.2) is 19.8 Å². The minimum atomic E-state index is -0.334. The highest BCUT2D eigenvalue weighted by molar-refractivity contribution is 14.0. The summed E-state index contributed by atoms with van der Waals surface area (Å²) >= 11 is 2.92.